The fourth-order valence-electron chi connectivity index (χ4n) is 0.745. The van der Waals surface area contributed by atoms with Crippen molar-refractivity contribution in [1.29, 1.82) is 0 Å². The summed E-state index contributed by atoms with van der Waals surface area (Å²) in [6.45, 7) is -0.780. The third-order valence-electron chi connectivity index (χ3n) is 1.26. The first-order chi connectivity index (χ1) is 6.09. The minimum atomic E-state index is -2.58. The van der Waals surface area contributed by atoms with Crippen molar-refractivity contribution in [3.8, 4) is 5.75 Å². The fourth-order valence-corrected chi connectivity index (χ4v) is 1.20. The third-order valence-corrected chi connectivity index (χ3v) is 1.93. The summed E-state index contributed by atoms with van der Waals surface area (Å²) < 4.78 is 41.5. The summed E-state index contributed by atoms with van der Waals surface area (Å²) in [4.78, 5) is 0. The number of ether oxygens (including phenoxy) is 1. The van der Waals surface area contributed by atoms with Gasteiger partial charge in [0.25, 0.3) is 6.43 Å². The number of hydrogen-bond donors (Lipinski definition) is 0. The van der Waals surface area contributed by atoms with E-state index in [0.29, 0.717) is 3.57 Å². The molecule has 1 rings (SSSR count). The number of benzene rings is 1. The van der Waals surface area contributed by atoms with Crippen molar-refractivity contribution in [3.63, 3.8) is 0 Å². The first-order valence-corrected chi connectivity index (χ1v) is 4.53. The van der Waals surface area contributed by atoms with Crippen molar-refractivity contribution < 1.29 is 17.9 Å². The van der Waals surface area contributed by atoms with E-state index in [4.69, 9.17) is 0 Å². The average molecular weight is 302 g/mol. The van der Waals surface area contributed by atoms with E-state index in [-0.39, 0.29) is 5.75 Å². The minimum Gasteiger partial charge on any atom is -0.485 e. The molecule has 0 aliphatic heterocycles. The first kappa shape index (κ1) is 10.6. The van der Waals surface area contributed by atoms with Crippen molar-refractivity contribution in [3.05, 3.63) is 27.6 Å². The predicted molar refractivity (Wildman–Crippen MR) is 50.6 cm³/mol. The molecule has 0 amide bonds. The molecule has 0 saturated heterocycles. The zero-order chi connectivity index (χ0) is 9.84. The molecule has 1 aromatic rings. The molecule has 1 nitrogen and oxygen atoms in total. The quantitative estimate of drug-likeness (QED) is 0.780. The standard InChI is InChI=1S/C8H6F3IO/c9-6-3-5(12)1-2-7(6)13-4-8(10)11/h1-3,8H,4H2. The van der Waals surface area contributed by atoms with Crippen LogP contribution in [0.25, 0.3) is 0 Å². The van der Waals surface area contributed by atoms with Crippen LogP contribution in [0.3, 0.4) is 0 Å². The Hall–Kier alpha value is -0.460. The fraction of sp³-hybridized carbons (Fsp3) is 0.250. The smallest absolute Gasteiger partial charge is 0.272 e. The summed E-state index contributed by atoms with van der Waals surface area (Å²) in [6.07, 6.45) is -2.58. The van der Waals surface area contributed by atoms with Crippen LogP contribution in [0.2, 0.25) is 0 Å². The lowest BCUT2D eigenvalue weighted by molar-refractivity contribution is 0.0799. The highest BCUT2D eigenvalue weighted by molar-refractivity contribution is 14.1. The average Bonchev–Trinajstić information content (AvgIpc) is 2.02. The largest absolute Gasteiger partial charge is 0.485 e. The van der Waals surface area contributed by atoms with Gasteiger partial charge in [0.2, 0.25) is 0 Å². The molecule has 5 heteroatoms. The third kappa shape index (κ3) is 3.41. The van der Waals surface area contributed by atoms with Gasteiger partial charge in [-0.2, -0.15) is 0 Å². The van der Waals surface area contributed by atoms with Gasteiger partial charge in [0, 0.05) is 3.57 Å². The zero-order valence-corrected chi connectivity index (χ0v) is 8.59. The van der Waals surface area contributed by atoms with Crippen molar-refractivity contribution in [1.82, 2.24) is 0 Å². The number of alkyl halides is 2. The molecule has 0 heterocycles. The molecular weight excluding hydrogens is 296 g/mol. The van der Waals surface area contributed by atoms with Crippen molar-refractivity contribution in [2.75, 3.05) is 6.61 Å². The monoisotopic (exact) mass is 302 g/mol. The topological polar surface area (TPSA) is 9.23 Å². The molecule has 0 saturated carbocycles. The Morgan fingerprint density at radius 1 is 1.38 bits per heavy atom. The maximum atomic E-state index is 12.9. The van der Waals surface area contributed by atoms with E-state index < -0.39 is 18.8 Å². The lowest BCUT2D eigenvalue weighted by atomic mass is 10.3. The van der Waals surface area contributed by atoms with Gasteiger partial charge in [-0.15, -0.1) is 0 Å². The van der Waals surface area contributed by atoms with Gasteiger partial charge >= 0.3 is 0 Å². The van der Waals surface area contributed by atoms with E-state index >= 15 is 0 Å². The van der Waals surface area contributed by atoms with E-state index in [1.54, 1.807) is 6.07 Å². The minimum absolute atomic E-state index is 0.138. The molecule has 0 radical (unpaired) electrons. The molecular formula is C8H6F3IO. The summed E-state index contributed by atoms with van der Waals surface area (Å²) in [6, 6.07) is 4.14. The molecule has 13 heavy (non-hydrogen) atoms. The Bertz CT molecular complexity index is 291. The zero-order valence-electron chi connectivity index (χ0n) is 6.44. The normalized spacial score (nSPS) is 10.5. The van der Waals surface area contributed by atoms with Crippen LogP contribution >= 0.6 is 22.6 Å². The molecule has 0 aromatic heterocycles. The Labute approximate surface area is 87.0 Å². The summed E-state index contributed by atoms with van der Waals surface area (Å²) in [5, 5.41) is 0. The van der Waals surface area contributed by atoms with E-state index in [1.807, 2.05) is 22.6 Å². The van der Waals surface area contributed by atoms with Gasteiger partial charge in [-0.05, 0) is 40.8 Å². The molecule has 1 aromatic carbocycles. The molecule has 0 bridgehead atoms. The molecule has 0 fully saturated rings. The predicted octanol–water partition coefficient (Wildman–Crippen LogP) is 3.07. The summed E-state index contributed by atoms with van der Waals surface area (Å²) in [7, 11) is 0. The second-order valence-electron chi connectivity index (χ2n) is 2.28. The van der Waals surface area contributed by atoms with E-state index in [0.717, 1.165) is 0 Å². The molecule has 0 aliphatic rings. The number of halogens is 4. The van der Waals surface area contributed by atoms with Crippen LogP contribution in [0.4, 0.5) is 13.2 Å². The highest BCUT2D eigenvalue weighted by atomic mass is 127. The van der Waals surface area contributed by atoms with Crippen LogP contribution in [0, 0.1) is 9.39 Å². The van der Waals surface area contributed by atoms with Gasteiger partial charge in [-0.25, -0.2) is 13.2 Å². The number of hydrogen-bond acceptors (Lipinski definition) is 1. The second-order valence-corrected chi connectivity index (χ2v) is 3.52. The summed E-state index contributed by atoms with van der Waals surface area (Å²) >= 11 is 1.92. The molecule has 0 unspecified atom stereocenters. The summed E-state index contributed by atoms with van der Waals surface area (Å²) in [5.41, 5.74) is 0. The van der Waals surface area contributed by atoms with Gasteiger partial charge in [0.1, 0.15) is 6.61 Å². The van der Waals surface area contributed by atoms with Crippen LogP contribution in [0.1, 0.15) is 0 Å². The SMILES string of the molecule is Fc1cc(I)ccc1OCC(F)F. The lowest BCUT2D eigenvalue weighted by Gasteiger charge is -2.05. The first-order valence-electron chi connectivity index (χ1n) is 3.45. The van der Waals surface area contributed by atoms with E-state index in [1.165, 1.54) is 12.1 Å². The Morgan fingerprint density at radius 3 is 2.62 bits per heavy atom. The van der Waals surface area contributed by atoms with Crippen LogP contribution in [0.15, 0.2) is 18.2 Å². The van der Waals surface area contributed by atoms with E-state index in [9.17, 15) is 13.2 Å². The van der Waals surface area contributed by atoms with Crippen molar-refractivity contribution >= 4 is 22.6 Å². The van der Waals surface area contributed by atoms with Gasteiger partial charge in [-0.1, -0.05) is 0 Å². The Morgan fingerprint density at radius 2 is 2.08 bits per heavy atom. The summed E-state index contributed by atoms with van der Waals surface area (Å²) in [5.74, 6) is -0.756. The second kappa shape index (κ2) is 4.69. The van der Waals surface area contributed by atoms with Crippen molar-refractivity contribution in [2.24, 2.45) is 0 Å². The molecule has 0 N–H and O–H groups in total. The van der Waals surface area contributed by atoms with Crippen molar-refractivity contribution in [2.45, 2.75) is 6.43 Å². The maximum absolute atomic E-state index is 12.9. The lowest BCUT2D eigenvalue weighted by Crippen LogP contribution is -2.07. The van der Waals surface area contributed by atoms with E-state index in [2.05, 4.69) is 4.74 Å². The molecule has 0 atom stereocenters. The highest BCUT2D eigenvalue weighted by Crippen LogP contribution is 2.19. The van der Waals surface area contributed by atoms with Gasteiger partial charge in [-0.3, -0.25) is 0 Å². The van der Waals surface area contributed by atoms with Crippen LogP contribution < -0.4 is 4.74 Å². The molecule has 72 valence electrons. The Balaban J connectivity index is 2.67. The van der Waals surface area contributed by atoms with Gasteiger partial charge < -0.3 is 4.74 Å². The van der Waals surface area contributed by atoms with Gasteiger partial charge in [0.15, 0.2) is 11.6 Å². The highest BCUT2D eigenvalue weighted by Gasteiger charge is 2.07. The molecule has 0 spiro atoms. The van der Waals surface area contributed by atoms with Crippen LogP contribution in [-0.4, -0.2) is 13.0 Å². The Kier molecular flexibility index (Phi) is 3.83. The number of rotatable bonds is 3. The molecule has 0 aliphatic carbocycles. The van der Waals surface area contributed by atoms with Crippen LogP contribution in [0.5, 0.6) is 5.75 Å². The maximum Gasteiger partial charge on any atom is 0.272 e. The van der Waals surface area contributed by atoms with Crippen LogP contribution in [-0.2, 0) is 0 Å². The van der Waals surface area contributed by atoms with Gasteiger partial charge in [0.05, 0.1) is 0 Å².